The van der Waals surface area contributed by atoms with Gasteiger partial charge in [-0.05, 0) is 39.3 Å². The van der Waals surface area contributed by atoms with Crippen LogP contribution in [0.2, 0.25) is 0 Å². The maximum atomic E-state index is 5.57. The van der Waals surface area contributed by atoms with Crippen molar-refractivity contribution in [1.29, 1.82) is 0 Å². The fourth-order valence-corrected chi connectivity index (χ4v) is 1.52. The van der Waals surface area contributed by atoms with Gasteiger partial charge in [0.15, 0.2) is 0 Å². The van der Waals surface area contributed by atoms with E-state index in [1.807, 2.05) is 0 Å². The molecule has 1 aliphatic rings. The largest absolute Gasteiger partial charge is 0.377 e. The van der Waals surface area contributed by atoms with Crippen molar-refractivity contribution in [3.63, 3.8) is 0 Å². The highest BCUT2D eigenvalue weighted by Crippen LogP contribution is 2.12. The average Bonchev–Trinajstić information content (AvgIpc) is 2.48. The molecule has 1 rings (SSSR count). The van der Waals surface area contributed by atoms with Gasteiger partial charge in [-0.3, -0.25) is 0 Å². The summed E-state index contributed by atoms with van der Waals surface area (Å²) in [4.78, 5) is 0. The highest BCUT2D eigenvalue weighted by atomic mass is 16.5. The van der Waals surface area contributed by atoms with Crippen LogP contribution in [0.1, 0.15) is 20.3 Å². The lowest BCUT2D eigenvalue weighted by molar-refractivity contribution is 0.0643. The van der Waals surface area contributed by atoms with Crippen LogP contribution < -0.4 is 11.1 Å². The third-order valence-electron chi connectivity index (χ3n) is 2.28. The van der Waals surface area contributed by atoms with Gasteiger partial charge in [0.2, 0.25) is 0 Å². The Morgan fingerprint density at radius 3 is 2.83 bits per heavy atom. The van der Waals surface area contributed by atoms with Gasteiger partial charge >= 0.3 is 0 Å². The number of rotatable bonds is 4. The molecular weight excluding hydrogens is 152 g/mol. The van der Waals surface area contributed by atoms with Gasteiger partial charge in [0, 0.05) is 6.04 Å². The molecule has 0 aromatic heterocycles. The van der Waals surface area contributed by atoms with Crippen molar-refractivity contribution in [1.82, 2.24) is 5.32 Å². The lowest BCUT2D eigenvalue weighted by Gasteiger charge is -2.13. The van der Waals surface area contributed by atoms with Crippen molar-refractivity contribution in [2.75, 3.05) is 19.7 Å². The van der Waals surface area contributed by atoms with Gasteiger partial charge in [0.1, 0.15) is 0 Å². The summed E-state index contributed by atoms with van der Waals surface area (Å²) in [6, 6.07) is 0.529. The second-order valence-electron chi connectivity index (χ2n) is 3.82. The molecule has 0 unspecified atom stereocenters. The standard InChI is InChI=1S/C9H20N2O/c1-7(2)12-6-9-3-8(4-10)5-11-9/h7-9,11H,3-6,10H2,1-2H3/t8-,9+/m1/s1. The van der Waals surface area contributed by atoms with Gasteiger partial charge < -0.3 is 15.8 Å². The molecule has 0 amide bonds. The number of hydrogen-bond acceptors (Lipinski definition) is 3. The Bertz CT molecular complexity index is 128. The van der Waals surface area contributed by atoms with Crippen LogP contribution in [0.4, 0.5) is 0 Å². The van der Waals surface area contributed by atoms with Crippen LogP contribution >= 0.6 is 0 Å². The van der Waals surface area contributed by atoms with Crippen LogP contribution in [0.3, 0.4) is 0 Å². The first-order chi connectivity index (χ1) is 5.72. The molecule has 0 radical (unpaired) electrons. The number of nitrogens with two attached hydrogens (primary N) is 1. The van der Waals surface area contributed by atoms with E-state index in [-0.39, 0.29) is 0 Å². The summed E-state index contributed by atoms with van der Waals surface area (Å²) in [5.74, 6) is 0.658. The summed E-state index contributed by atoms with van der Waals surface area (Å²) < 4.78 is 5.52. The molecule has 1 heterocycles. The van der Waals surface area contributed by atoms with Crippen molar-refractivity contribution in [3.8, 4) is 0 Å². The molecule has 1 saturated heterocycles. The maximum Gasteiger partial charge on any atom is 0.0623 e. The predicted octanol–water partition coefficient (Wildman–Crippen LogP) is 0.348. The summed E-state index contributed by atoms with van der Waals surface area (Å²) in [6.07, 6.45) is 1.51. The topological polar surface area (TPSA) is 47.3 Å². The Morgan fingerprint density at radius 1 is 1.58 bits per heavy atom. The van der Waals surface area contributed by atoms with Crippen molar-refractivity contribution in [2.24, 2.45) is 11.7 Å². The summed E-state index contributed by atoms with van der Waals surface area (Å²) in [5.41, 5.74) is 5.57. The molecule has 72 valence electrons. The number of ether oxygens (including phenoxy) is 1. The van der Waals surface area contributed by atoms with E-state index in [0.717, 1.165) is 19.7 Å². The summed E-state index contributed by atoms with van der Waals surface area (Å²) in [7, 11) is 0. The quantitative estimate of drug-likeness (QED) is 0.643. The van der Waals surface area contributed by atoms with Gasteiger partial charge in [0.05, 0.1) is 12.7 Å². The monoisotopic (exact) mass is 172 g/mol. The average molecular weight is 172 g/mol. The van der Waals surface area contributed by atoms with E-state index in [9.17, 15) is 0 Å². The minimum Gasteiger partial charge on any atom is -0.377 e. The summed E-state index contributed by atoms with van der Waals surface area (Å²) in [6.45, 7) is 6.81. The van der Waals surface area contributed by atoms with E-state index >= 15 is 0 Å². The highest BCUT2D eigenvalue weighted by molar-refractivity contribution is 4.81. The van der Waals surface area contributed by atoms with Gasteiger partial charge in [0.25, 0.3) is 0 Å². The highest BCUT2D eigenvalue weighted by Gasteiger charge is 2.22. The van der Waals surface area contributed by atoms with Crippen molar-refractivity contribution in [3.05, 3.63) is 0 Å². The van der Waals surface area contributed by atoms with Gasteiger partial charge in [-0.1, -0.05) is 0 Å². The van der Waals surface area contributed by atoms with Crippen molar-refractivity contribution < 1.29 is 4.74 Å². The molecule has 0 aromatic carbocycles. The first-order valence-electron chi connectivity index (χ1n) is 4.77. The van der Waals surface area contributed by atoms with E-state index in [1.165, 1.54) is 6.42 Å². The first kappa shape index (κ1) is 9.96. The second kappa shape index (κ2) is 4.80. The Hall–Kier alpha value is -0.120. The summed E-state index contributed by atoms with van der Waals surface area (Å²) in [5, 5.41) is 3.41. The Morgan fingerprint density at radius 2 is 2.33 bits per heavy atom. The smallest absolute Gasteiger partial charge is 0.0623 e. The number of hydrogen-bond donors (Lipinski definition) is 2. The van der Waals surface area contributed by atoms with Gasteiger partial charge in [-0.25, -0.2) is 0 Å². The molecule has 2 atom stereocenters. The third-order valence-corrected chi connectivity index (χ3v) is 2.28. The molecule has 0 bridgehead atoms. The van der Waals surface area contributed by atoms with E-state index in [1.54, 1.807) is 0 Å². The minimum atomic E-state index is 0.337. The van der Waals surface area contributed by atoms with Crippen molar-refractivity contribution >= 4 is 0 Å². The van der Waals surface area contributed by atoms with Crippen LogP contribution in [0.5, 0.6) is 0 Å². The molecule has 3 nitrogen and oxygen atoms in total. The summed E-state index contributed by atoms with van der Waals surface area (Å²) >= 11 is 0. The Labute approximate surface area is 74.7 Å². The van der Waals surface area contributed by atoms with Crippen LogP contribution in [-0.2, 0) is 4.74 Å². The van der Waals surface area contributed by atoms with E-state index in [2.05, 4.69) is 19.2 Å². The fraction of sp³-hybridized carbons (Fsp3) is 1.00. The molecule has 1 fully saturated rings. The minimum absolute atomic E-state index is 0.337. The molecule has 3 N–H and O–H groups in total. The zero-order chi connectivity index (χ0) is 8.97. The Balaban J connectivity index is 2.11. The lowest BCUT2D eigenvalue weighted by Crippen LogP contribution is -2.28. The molecule has 0 aromatic rings. The van der Waals surface area contributed by atoms with Crippen LogP contribution in [-0.4, -0.2) is 31.8 Å². The van der Waals surface area contributed by atoms with Crippen LogP contribution in [0, 0.1) is 5.92 Å². The Kier molecular flexibility index (Phi) is 3.98. The SMILES string of the molecule is CC(C)OC[C@@H]1C[C@H](CN)CN1. The normalized spacial score (nSPS) is 30.0. The zero-order valence-corrected chi connectivity index (χ0v) is 8.05. The molecule has 12 heavy (non-hydrogen) atoms. The van der Waals surface area contributed by atoms with E-state index in [4.69, 9.17) is 10.5 Å². The van der Waals surface area contributed by atoms with E-state index in [0.29, 0.717) is 18.1 Å². The van der Waals surface area contributed by atoms with Crippen LogP contribution in [0.25, 0.3) is 0 Å². The van der Waals surface area contributed by atoms with Gasteiger partial charge in [-0.2, -0.15) is 0 Å². The maximum absolute atomic E-state index is 5.57. The molecule has 3 heteroatoms. The molecule has 0 aliphatic carbocycles. The van der Waals surface area contributed by atoms with Crippen LogP contribution in [0.15, 0.2) is 0 Å². The lowest BCUT2D eigenvalue weighted by atomic mass is 10.1. The zero-order valence-electron chi connectivity index (χ0n) is 8.05. The molecule has 0 spiro atoms. The third kappa shape index (κ3) is 3.09. The molecular formula is C9H20N2O. The molecule has 1 aliphatic heterocycles. The fourth-order valence-electron chi connectivity index (χ4n) is 1.52. The second-order valence-corrected chi connectivity index (χ2v) is 3.82. The number of nitrogens with one attached hydrogen (secondary N) is 1. The van der Waals surface area contributed by atoms with Gasteiger partial charge in [-0.15, -0.1) is 0 Å². The van der Waals surface area contributed by atoms with E-state index < -0.39 is 0 Å². The van der Waals surface area contributed by atoms with Crippen molar-refractivity contribution in [2.45, 2.75) is 32.4 Å². The predicted molar refractivity (Wildman–Crippen MR) is 50.0 cm³/mol. The first-order valence-corrected chi connectivity index (χ1v) is 4.77. The molecule has 0 saturated carbocycles.